The van der Waals surface area contributed by atoms with Crippen LogP contribution in [-0.4, -0.2) is 25.5 Å². The summed E-state index contributed by atoms with van der Waals surface area (Å²) in [5.41, 5.74) is 3.65. The summed E-state index contributed by atoms with van der Waals surface area (Å²) in [7, 11) is 2.09. The second-order valence-electron chi connectivity index (χ2n) is 6.58. The van der Waals surface area contributed by atoms with Gasteiger partial charge < -0.3 is 23.8 Å². The van der Waals surface area contributed by atoms with Crippen molar-refractivity contribution in [2.24, 2.45) is 0 Å². The van der Waals surface area contributed by atoms with Crippen molar-refractivity contribution < 1.29 is 18.9 Å². The Morgan fingerprint density at radius 3 is 2.64 bits per heavy atom. The third-order valence-electron chi connectivity index (χ3n) is 5.24. The fourth-order valence-corrected chi connectivity index (χ4v) is 4.12. The molecular weight excluding hydrogens is 318 g/mol. The van der Waals surface area contributed by atoms with Crippen LogP contribution in [0.1, 0.15) is 17.2 Å². The number of hydrogen-bond donors (Lipinski definition) is 0. The van der Waals surface area contributed by atoms with E-state index in [9.17, 15) is 0 Å². The van der Waals surface area contributed by atoms with E-state index in [1.165, 1.54) is 21.9 Å². The Hall–Kier alpha value is -3.08. The van der Waals surface area contributed by atoms with Gasteiger partial charge in [-0.1, -0.05) is 12.2 Å². The maximum atomic E-state index is 5.70. The Morgan fingerprint density at radius 2 is 1.72 bits per heavy atom. The number of hydrogen-bond acceptors (Lipinski definition) is 5. The van der Waals surface area contributed by atoms with Gasteiger partial charge in [0.25, 0.3) is 0 Å². The van der Waals surface area contributed by atoms with Crippen LogP contribution in [0.2, 0.25) is 0 Å². The standard InChI is InChI=1S/C20H15NO4/c1-21-8-15-12(4-5-16-20(15)25-10-22-16)13-3-2-11-6-17-18(24-9-23-17)7-14(11)19(13)21/h2-8,19H,9-10H2,1H3. The van der Waals surface area contributed by atoms with Crippen LogP contribution in [0.25, 0.3) is 17.8 Å². The van der Waals surface area contributed by atoms with Gasteiger partial charge in [0.2, 0.25) is 13.6 Å². The van der Waals surface area contributed by atoms with Crippen LogP contribution < -0.4 is 29.4 Å². The zero-order valence-electron chi connectivity index (χ0n) is 13.6. The lowest BCUT2D eigenvalue weighted by Crippen LogP contribution is -2.40. The van der Waals surface area contributed by atoms with E-state index in [4.69, 9.17) is 18.9 Å². The molecule has 5 heteroatoms. The number of rotatable bonds is 0. The smallest absolute Gasteiger partial charge is 0.231 e. The van der Waals surface area contributed by atoms with Gasteiger partial charge >= 0.3 is 0 Å². The summed E-state index contributed by atoms with van der Waals surface area (Å²) in [6.45, 7) is 0.571. The monoisotopic (exact) mass is 333 g/mol. The lowest BCUT2D eigenvalue weighted by molar-refractivity contribution is 0.173. The van der Waals surface area contributed by atoms with E-state index >= 15 is 0 Å². The van der Waals surface area contributed by atoms with Crippen LogP contribution in [0, 0.1) is 0 Å². The van der Waals surface area contributed by atoms with Crippen molar-refractivity contribution in [3.05, 3.63) is 51.9 Å². The van der Waals surface area contributed by atoms with Crippen molar-refractivity contribution in [3.8, 4) is 23.0 Å². The second-order valence-corrected chi connectivity index (χ2v) is 6.58. The first-order valence-corrected chi connectivity index (χ1v) is 8.28. The molecule has 6 rings (SSSR count). The number of ether oxygens (including phenoxy) is 4. The fourth-order valence-electron chi connectivity index (χ4n) is 4.12. The van der Waals surface area contributed by atoms with Crippen LogP contribution in [0.3, 0.4) is 0 Å². The molecule has 4 aliphatic rings. The third-order valence-corrected chi connectivity index (χ3v) is 5.24. The molecule has 0 N–H and O–H groups in total. The van der Waals surface area contributed by atoms with Crippen molar-refractivity contribution in [3.63, 3.8) is 0 Å². The Morgan fingerprint density at radius 1 is 0.920 bits per heavy atom. The van der Waals surface area contributed by atoms with E-state index in [0.29, 0.717) is 0 Å². The zero-order chi connectivity index (χ0) is 16.5. The van der Waals surface area contributed by atoms with Crippen LogP contribution in [-0.2, 0) is 0 Å². The highest BCUT2D eigenvalue weighted by molar-refractivity contribution is 5.81. The molecule has 0 saturated carbocycles. The summed E-state index contributed by atoms with van der Waals surface area (Å²) >= 11 is 0. The summed E-state index contributed by atoms with van der Waals surface area (Å²) in [4.78, 5) is 2.23. The highest BCUT2D eigenvalue weighted by atomic mass is 16.7. The molecule has 3 aliphatic heterocycles. The van der Waals surface area contributed by atoms with E-state index in [1.807, 2.05) is 6.07 Å². The molecule has 2 aromatic carbocycles. The van der Waals surface area contributed by atoms with Crippen molar-refractivity contribution in [2.45, 2.75) is 6.04 Å². The first kappa shape index (κ1) is 13.2. The topological polar surface area (TPSA) is 40.2 Å². The van der Waals surface area contributed by atoms with E-state index in [0.717, 1.165) is 28.2 Å². The number of nitrogens with zero attached hydrogens (tertiary/aromatic N) is 1. The van der Waals surface area contributed by atoms with Gasteiger partial charge in [0.05, 0.1) is 6.04 Å². The van der Waals surface area contributed by atoms with E-state index in [1.54, 1.807) is 0 Å². The summed E-state index contributed by atoms with van der Waals surface area (Å²) in [5, 5.41) is 2.27. The van der Waals surface area contributed by atoms with E-state index in [-0.39, 0.29) is 19.6 Å². The molecule has 1 atom stereocenters. The van der Waals surface area contributed by atoms with Crippen LogP contribution in [0.15, 0.2) is 30.3 Å². The predicted molar refractivity (Wildman–Crippen MR) is 91.8 cm³/mol. The number of benzene rings is 2. The van der Waals surface area contributed by atoms with Crippen molar-refractivity contribution in [1.82, 2.24) is 4.90 Å². The summed E-state index contributed by atoms with van der Waals surface area (Å²) in [6, 6.07) is 8.43. The summed E-state index contributed by atoms with van der Waals surface area (Å²) < 4.78 is 22.3. The molecule has 1 aliphatic carbocycles. The largest absolute Gasteiger partial charge is 0.454 e. The van der Waals surface area contributed by atoms with Gasteiger partial charge in [-0.05, 0) is 46.2 Å². The minimum Gasteiger partial charge on any atom is -0.454 e. The molecule has 0 amide bonds. The normalized spacial score (nSPS) is 20.8. The Balaban J connectivity index is 1.64. The van der Waals surface area contributed by atoms with Gasteiger partial charge in [0, 0.05) is 18.5 Å². The molecule has 124 valence electrons. The highest BCUT2D eigenvalue weighted by Gasteiger charge is 2.31. The fraction of sp³-hybridized carbons (Fsp3) is 0.200. The third kappa shape index (κ3) is 1.67. The highest BCUT2D eigenvalue weighted by Crippen LogP contribution is 2.44. The van der Waals surface area contributed by atoms with Crippen LogP contribution in [0.5, 0.6) is 23.0 Å². The zero-order valence-corrected chi connectivity index (χ0v) is 13.6. The SMILES string of the molecule is CN1C=c2c3c(ccc2=C2C=Cc4cc5c(cc4C21)OCO5)OCO3. The molecular formula is C20H15NO4. The van der Waals surface area contributed by atoms with Gasteiger partial charge in [-0.3, -0.25) is 0 Å². The summed E-state index contributed by atoms with van der Waals surface area (Å²) in [5.74, 6) is 3.28. The molecule has 25 heavy (non-hydrogen) atoms. The average molecular weight is 333 g/mol. The average Bonchev–Trinajstić information content (AvgIpc) is 3.28. The lowest BCUT2D eigenvalue weighted by Gasteiger charge is -2.34. The molecule has 0 fully saturated rings. The lowest BCUT2D eigenvalue weighted by atomic mass is 9.85. The first-order valence-electron chi connectivity index (χ1n) is 8.28. The van der Waals surface area contributed by atoms with Gasteiger partial charge in [0.1, 0.15) is 0 Å². The second kappa shape index (κ2) is 4.51. The van der Waals surface area contributed by atoms with Gasteiger partial charge in [0.15, 0.2) is 23.0 Å². The maximum Gasteiger partial charge on any atom is 0.231 e. The Labute approximate surface area is 144 Å². The van der Waals surface area contributed by atoms with Crippen molar-refractivity contribution in [1.29, 1.82) is 0 Å². The molecule has 0 bridgehead atoms. The van der Waals surface area contributed by atoms with Gasteiger partial charge in [-0.2, -0.15) is 0 Å². The van der Waals surface area contributed by atoms with Crippen molar-refractivity contribution >= 4 is 17.8 Å². The quantitative estimate of drug-likeness (QED) is 0.735. The van der Waals surface area contributed by atoms with Crippen molar-refractivity contribution in [2.75, 3.05) is 20.6 Å². The first-order chi connectivity index (χ1) is 12.3. The molecule has 0 aromatic heterocycles. The van der Waals surface area contributed by atoms with Gasteiger partial charge in [-0.25, -0.2) is 0 Å². The molecule has 2 aromatic rings. The minimum absolute atomic E-state index is 0.141. The van der Waals surface area contributed by atoms with Gasteiger partial charge in [-0.15, -0.1) is 0 Å². The minimum atomic E-state index is 0.141. The van der Waals surface area contributed by atoms with E-state index in [2.05, 4.69) is 48.5 Å². The predicted octanol–water partition coefficient (Wildman–Crippen LogP) is 1.75. The molecule has 3 heterocycles. The molecule has 1 unspecified atom stereocenters. The molecule has 5 nitrogen and oxygen atoms in total. The van der Waals surface area contributed by atoms with E-state index < -0.39 is 0 Å². The molecule has 0 spiro atoms. The van der Waals surface area contributed by atoms with Crippen LogP contribution in [0.4, 0.5) is 0 Å². The Kier molecular flexibility index (Phi) is 2.39. The number of fused-ring (bicyclic) bond motifs is 7. The maximum absolute atomic E-state index is 5.70. The van der Waals surface area contributed by atoms with Crippen LogP contribution >= 0.6 is 0 Å². The molecule has 0 saturated heterocycles. The Bertz CT molecular complexity index is 1090. The summed E-state index contributed by atoms with van der Waals surface area (Å²) in [6.07, 6.45) is 6.49. The molecule has 0 radical (unpaired) electrons.